The Kier molecular flexibility index (Phi) is 5.19. The first-order valence-corrected chi connectivity index (χ1v) is 8.66. The lowest BCUT2D eigenvalue weighted by molar-refractivity contribution is -0.121. The van der Waals surface area contributed by atoms with Gasteiger partial charge in [-0.1, -0.05) is 24.3 Å². The zero-order chi connectivity index (χ0) is 16.8. The molecule has 0 atom stereocenters. The Morgan fingerprint density at radius 2 is 1.92 bits per heavy atom. The predicted octanol–water partition coefficient (Wildman–Crippen LogP) is 3.46. The third-order valence-electron chi connectivity index (χ3n) is 3.72. The lowest BCUT2D eigenvalue weighted by Gasteiger charge is -2.04. The highest BCUT2D eigenvalue weighted by molar-refractivity contribution is 7.18. The summed E-state index contributed by atoms with van der Waals surface area (Å²) in [4.78, 5) is 16.5. The second kappa shape index (κ2) is 7.71. The van der Waals surface area contributed by atoms with Crippen molar-refractivity contribution in [1.82, 2.24) is 10.3 Å². The van der Waals surface area contributed by atoms with Gasteiger partial charge in [-0.15, -0.1) is 11.3 Å². The molecule has 1 N–H and O–H groups in total. The number of amides is 1. The van der Waals surface area contributed by atoms with Crippen molar-refractivity contribution in [2.75, 3.05) is 6.54 Å². The van der Waals surface area contributed by atoms with Gasteiger partial charge in [0.15, 0.2) is 0 Å². The zero-order valence-electron chi connectivity index (χ0n) is 13.2. The lowest BCUT2D eigenvalue weighted by atomic mass is 10.1. The van der Waals surface area contributed by atoms with Crippen molar-refractivity contribution in [2.24, 2.45) is 0 Å². The van der Waals surface area contributed by atoms with Crippen LogP contribution in [0, 0.1) is 11.3 Å². The van der Waals surface area contributed by atoms with Crippen LogP contribution in [0.1, 0.15) is 22.6 Å². The van der Waals surface area contributed by atoms with Crippen molar-refractivity contribution >= 4 is 27.5 Å². The van der Waals surface area contributed by atoms with Crippen molar-refractivity contribution in [3.8, 4) is 6.07 Å². The van der Waals surface area contributed by atoms with Crippen LogP contribution < -0.4 is 5.32 Å². The number of para-hydroxylation sites is 1. The molecule has 2 aromatic carbocycles. The molecular formula is C19H17N3OS. The highest BCUT2D eigenvalue weighted by atomic mass is 32.1. The van der Waals surface area contributed by atoms with Crippen molar-refractivity contribution in [1.29, 1.82) is 5.26 Å². The van der Waals surface area contributed by atoms with Gasteiger partial charge in [-0.05, 0) is 36.2 Å². The molecule has 0 radical (unpaired) electrons. The van der Waals surface area contributed by atoms with Crippen LogP contribution in [0.15, 0.2) is 48.5 Å². The van der Waals surface area contributed by atoms with E-state index in [-0.39, 0.29) is 5.91 Å². The van der Waals surface area contributed by atoms with Crippen molar-refractivity contribution < 1.29 is 4.79 Å². The summed E-state index contributed by atoms with van der Waals surface area (Å²) in [6.45, 7) is 0.603. The fourth-order valence-electron chi connectivity index (χ4n) is 2.43. The Morgan fingerprint density at radius 1 is 1.12 bits per heavy atom. The quantitative estimate of drug-likeness (QED) is 0.750. The maximum atomic E-state index is 11.9. The third-order valence-corrected chi connectivity index (χ3v) is 4.82. The molecule has 0 aliphatic carbocycles. The molecule has 1 amide bonds. The number of hydrogen-bond donors (Lipinski definition) is 1. The van der Waals surface area contributed by atoms with E-state index in [4.69, 9.17) is 5.26 Å². The fourth-order valence-corrected chi connectivity index (χ4v) is 3.39. The molecule has 24 heavy (non-hydrogen) atoms. The Morgan fingerprint density at radius 3 is 2.67 bits per heavy atom. The van der Waals surface area contributed by atoms with E-state index in [1.807, 2.05) is 30.3 Å². The molecule has 3 rings (SSSR count). The molecule has 0 bridgehead atoms. The first-order chi connectivity index (χ1) is 11.7. The minimum Gasteiger partial charge on any atom is -0.356 e. The topological polar surface area (TPSA) is 65.8 Å². The highest BCUT2D eigenvalue weighted by Crippen LogP contribution is 2.21. The molecule has 0 saturated carbocycles. The predicted molar refractivity (Wildman–Crippen MR) is 95.8 cm³/mol. The minimum atomic E-state index is 0.0421. The van der Waals surface area contributed by atoms with Crippen molar-refractivity contribution in [3.05, 3.63) is 64.7 Å². The Hall–Kier alpha value is -2.71. The van der Waals surface area contributed by atoms with Gasteiger partial charge in [0.25, 0.3) is 0 Å². The zero-order valence-corrected chi connectivity index (χ0v) is 14.0. The van der Waals surface area contributed by atoms with Crippen LogP contribution in [-0.4, -0.2) is 17.4 Å². The monoisotopic (exact) mass is 335 g/mol. The van der Waals surface area contributed by atoms with Crippen LogP contribution in [0.2, 0.25) is 0 Å². The number of nitrogens with zero attached hydrogens (tertiary/aromatic N) is 2. The number of nitrogens with one attached hydrogen (secondary N) is 1. The molecule has 5 heteroatoms. The minimum absolute atomic E-state index is 0.0421. The summed E-state index contributed by atoms with van der Waals surface area (Å²) in [5, 5.41) is 12.8. The molecule has 0 spiro atoms. The summed E-state index contributed by atoms with van der Waals surface area (Å²) in [6.07, 6.45) is 1.88. The fraction of sp³-hybridized carbons (Fsp3) is 0.211. The molecule has 0 aliphatic rings. The van der Waals surface area contributed by atoms with Gasteiger partial charge >= 0.3 is 0 Å². The van der Waals surface area contributed by atoms with Gasteiger partial charge in [-0.25, -0.2) is 4.98 Å². The van der Waals surface area contributed by atoms with Crippen molar-refractivity contribution in [3.63, 3.8) is 0 Å². The summed E-state index contributed by atoms with van der Waals surface area (Å²) in [6, 6.07) is 17.5. The van der Waals surface area contributed by atoms with E-state index < -0.39 is 0 Å². The second-order valence-electron chi connectivity index (χ2n) is 5.48. The number of hydrogen-bond acceptors (Lipinski definition) is 4. The molecule has 0 unspecified atom stereocenters. The molecule has 3 aromatic rings. The van der Waals surface area contributed by atoms with E-state index in [0.29, 0.717) is 24.9 Å². The smallest absolute Gasteiger partial charge is 0.220 e. The maximum absolute atomic E-state index is 11.9. The average molecular weight is 335 g/mol. The molecule has 4 nitrogen and oxygen atoms in total. The number of thiazole rings is 1. The van der Waals surface area contributed by atoms with Crippen LogP contribution in [0.5, 0.6) is 0 Å². The number of rotatable bonds is 6. The number of aromatic nitrogens is 1. The SMILES string of the molecule is N#Cc1ccc(CCC(=O)NCCc2nc3ccccc3s2)cc1. The van der Waals surface area contributed by atoms with Gasteiger partial charge in [0.2, 0.25) is 5.91 Å². The molecule has 120 valence electrons. The van der Waals surface area contributed by atoms with E-state index in [9.17, 15) is 4.79 Å². The first-order valence-electron chi connectivity index (χ1n) is 7.85. The maximum Gasteiger partial charge on any atom is 0.220 e. The van der Waals surface area contributed by atoms with Crippen LogP contribution in [0.25, 0.3) is 10.2 Å². The van der Waals surface area contributed by atoms with Crippen LogP contribution in [0.3, 0.4) is 0 Å². The van der Waals surface area contributed by atoms with E-state index in [1.54, 1.807) is 23.5 Å². The van der Waals surface area contributed by atoms with E-state index >= 15 is 0 Å². The molecule has 0 fully saturated rings. The molecular weight excluding hydrogens is 318 g/mol. The Labute approximate surface area is 144 Å². The molecule has 0 aliphatic heterocycles. The largest absolute Gasteiger partial charge is 0.356 e. The van der Waals surface area contributed by atoms with Crippen LogP contribution >= 0.6 is 11.3 Å². The summed E-state index contributed by atoms with van der Waals surface area (Å²) in [5.41, 5.74) is 2.72. The van der Waals surface area contributed by atoms with Gasteiger partial charge in [-0.3, -0.25) is 4.79 Å². The number of aryl methyl sites for hydroxylation is 1. The van der Waals surface area contributed by atoms with Gasteiger partial charge in [0.1, 0.15) is 0 Å². The third kappa shape index (κ3) is 4.18. The lowest BCUT2D eigenvalue weighted by Crippen LogP contribution is -2.25. The Balaban J connectivity index is 1.42. The molecule has 1 heterocycles. The second-order valence-corrected chi connectivity index (χ2v) is 6.60. The number of benzene rings is 2. The number of carbonyl (C=O) groups excluding carboxylic acids is 1. The average Bonchev–Trinajstić information content (AvgIpc) is 3.03. The van der Waals surface area contributed by atoms with E-state index in [0.717, 1.165) is 22.5 Å². The molecule has 0 saturated heterocycles. The molecule has 1 aromatic heterocycles. The van der Waals surface area contributed by atoms with Crippen LogP contribution in [-0.2, 0) is 17.6 Å². The van der Waals surface area contributed by atoms with E-state index in [2.05, 4.69) is 22.4 Å². The normalized spacial score (nSPS) is 10.5. The first kappa shape index (κ1) is 16.2. The standard InChI is InChI=1S/C19H17N3OS/c20-13-15-7-5-14(6-8-15)9-10-18(23)21-12-11-19-22-16-3-1-2-4-17(16)24-19/h1-8H,9-12H2,(H,21,23). The number of nitriles is 1. The van der Waals surface area contributed by atoms with Gasteiger partial charge in [0.05, 0.1) is 26.9 Å². The number of carbonyl (C=O) groups is 1. The van der Waals surface area contributed by atoms with Crippen LogP contribution in [0.4, 0.5) is 0 Å². The summed E-state index contributed by atoms with van der Waals surface area (Å²) in [5.74, 6) is 0.0421. The van der Waals surface area contributed by atoms with Gasteiger partial charge in [-0.2, -0.15) is 5.26 Å². The summed E-state index contributed by atoms with van der Waals surface area (Å²) in [7, 11) is 0. The number of fused-ring (bicyclic) bond motifs is 1. The van der Waals surface area contributed by atoms with Crippen molar-refractivity contribution in [2.45, 2.75) is 19.3 Å². The van der Waals surface area contributed by atoms with E-state index in [1.165, 1.54) is 4.70 Å². The van der Waals surface area contributed by atoms with Gasteiger partial charge in [0, 0.05) is 19.4 Å². The summed E-state index contributed by atoms with van der Waals surface area (Å²) < 4.78 is 1.18. The summed E-state index contributed by atoms with van der Waals surface area (Å²) >= 11 is 1.67. The Bertz CT molecular complexity index is 845. The van der Waals surface area contributed by atoms with Gasteiger partial charge < -0.3 is 5.32 Å². The highest BCUT2D eigenvalue weighted by Gasteiger charge is 2.05.